The Morgan fingerprint density at radius 3 is 2.76 bits per heavy atom. The summed E-state index contributed by atoms with van der Waals surface area (Å²) in [6.45, 7) is -0.106. The molecule has 2 heterocycles. The second kappa shape index (κ2) is 7.44. The van der Waals surface area contributed by atoms with E-state index in [1.807, 2.05) is 23.6 Å². The van der Waals surface area contributed by atoms with Crippen molar-refractivity contribution in [2.75, 3.05) is 0 Å². The highest BCUT2D eigenvalue weighted by Gasteiger charge is 2.20. The standard InChI is InChI=1S/C23H20N2O3S/c26-20(28-18-7-3-4-8-18)12-25-14-24-22-21(23(25)27)19(13-29-22)17-10-9-15-5-1-2-6-16(15)11-17/h1-2,5-6,9-11,13-14,18H,3-4,7-8,12H2. The lowest BCUT2D eigenvalue weighted by atomic mass is 10.0. The van der Waals surface area contributed by atoms with Crippen LogP contribution in [-0.4, -0.2) is 21.6 Å². The van der Waals surface area contributed by atoms with E-state index in [-0.39, 0.29) is 24.2 Å². The van der Waals surface area contributed by atoms with E-state index < -0.39 is 0 Å². The van der Waals surface area contributed by atoms with Crippen molar-refractivity contribution in [1.29, 1.82) is 0 Å². The molecule has 0 bridgehead atoms. The summed E-state index contributed by atoms with van der Waals surface area (Å²) in [6.07, 6.45) is 5.44. The maximum Gasteiger partial charge on any atom is 0.326 e. The van der Waals surface area contributed by atoms with Gasteiger partial charge in [0.2, 0.25) is 0 Å². The smallest absolute Gasteiger partial charge is 0.326 e. The summed E-state index contributed by atoms with van der Waals surface area (Å²) < 4.78 is 6.86. The monoisotopic (exact) mass is 404 g/mol. The third-order valence-electron chi connectivity index (χ3n) is 5.52. The number of esters is 1. The Morgan fingerprint density at radius 2 is 1.93 bits per heavy atom. The van der Waals surface area contributed by atoms with E-state index in [4.69, 9.17) is 4.74 Å². The fraction of sp³-hybridized carbons (Fsp3) is 0.261. The van der Waals surface area contributed by atoms with E-state index in [1.54, 1.807) is 0 Å². The molecule has 4 aromatic rings. The van der Waals surface area contributed by atoms with E-state index in [1.165, 1.54) is 22.2 Å². The van der Waals surface area contributed by atoms with Crippen LogP contribution in [0.1, 0.15) is 25.7 Å². The Labute approximate surface area is 171 Å². The number of ether oxygens (including phenoxy) is 1. The lowest BCUT2D eigenvalue weighted by molar-refractivity contribution is -0.149. The van der Waals surface area contributed by atoms with Gasteiger partial charge in [0.05, 0.1) is 11.7 Å². The molecule has 1 saturated carbocycles. The number of hydrogen-bond acceptors (Lipinski definition) is 5. The molecule has 0 unspecified atom stereocenters. The van der Waals surface area contributed by atoms with Crippen LogP contribution in [0, 0.1) is 0 Å². The number of carbonyl (C=O) groups excluding carboxylic acids is 1. The second-order valence-electron chi connectivity index (χ2n) is 7.47. The van der Waals surface area contributed by atoms with Gasteiger partial charge in [-0.3, -0.25) is 14.2 Å². The first-order valence-electron chi connectivity index (χ1n) is 9.84. The molecule has 5 rings (SSSR count). The molecule has 2 aromatic carbocycles. The summed E-state index contributed by atoms with van der Waals surface area (Å²) >= 11 is 1.44. The first kappa shape index (κ1) is 18.1. The van der Waals surface area contributed by atoms with Gasteiger partial charge in [-0.1, -0.05) is 36.4 Å². The summed E-state index contributed by atoms with van der Waals surface area (Å²) in [6, 6.07) is 14.3. The normalized spacial score (nSPS) is 14.6. The van der Waals surface area contributed by atoms with E-state index >= 15 is 0 Å². The predicted octanol–water partition coefficient (Wildman–Crippen LogP) is 4.76. The van der Waals surface area contributed by atoms with Crippen molar-refractivity contribution in [3.63, 3.8) is 0 Å². The van der Waals surface area contributed by atoms with Gasteiger partial charge in [-0.05, 0) is 48.1 Å². The number of rotatable bonds is 4. The van der Waals surface area contributed by atoms with E-state index in [0.29, 0.717) is 10.2 Å². The zero-order valence-electron chi connectivity index (χ0n) is 15.8. The van der Waals surface area contributed by atoms with Crippen LogP contribution in [0.5, 0.6) is 0 Å². The fourth-order valence-corrected chi connectivity index (χ4v) is 4.92. The second-order valence-corrected chi connectivity index (χ2v) is 8.32. The van der Waals surface area contributed by atoms with Crippen LogP contribution in [0.3, 0.4) is 0 Å². The fourth-order valence-electron chi connectivity index (χ4n) is 4.02. The Kier molecular flexibility index (Phi) is 4.64. The molecule has 0 N–H and O–H groups in total. The molecule has 0 saturated heterocycles. The molecule has 29 heavy (non-hydrogen) atoms. The number of fused-ring (bicyclic) bond motifs is 2. The highest BCUT2D eigenvalue weighted by molar-refractivity contribution is 7.17. The maximum absolute atomic E-state index is 13.1. The SMILES string of the molecule is O=C(Cn1cnc2scc(-c3ccc4ccccc4c3)c2c1=O)OC1CCCC1. The van der Waals surface area contributed by atoms with Crippen LogP contribution in [0.25, 0.3) is 32.1 Å². The molecule has 6 heteroatoms. The Hall–Kier alpha value is -2.99. The van der Waals surface area contributed by atoms with E-state index in [0.717, 1.165) is 47.6 Å². The minimum Gasteiger partial charge on any atom is -0.461 e. The largest absolute Gasteiger partial charge is 0.461 e. The van der Waals surface area contributed by atoms with Crippen LogP contribution in [0.4, 0.5) is 0 Å². The topological polar surface area (TPSA) is 61.2 Å². The van der Waals surface area contributed by atoms with Gasteiger partial charge in [0.25, 0.3) is 5.56 Å². The number of aromatic nitrogens is 2. The molecule has 0 amide bonds. The minimum absolute atomic E-state index is 0.01000. The minimum atomic E-state index is -0.373. The van der Waals surface area contributed by atoms with Crippen molar-refractivity contribution < 1.29 is 9.53 Å². The molecule has 1 aliphatic rings. The lowest BCUT2D eigenvalue weighted by Gasteiger charge is -2.12. The van der Waals surface area contributed by atoms with E-state index in [9.17, 15) is 9.59 Å². The van der Waals surface area contributed by atoms with Gasteiger partial charge in [-0.15, -0.1) is 11.3 Å². The summed E-state index contributed by atoms with van der Waals surface area (Å²) in [5, 5.41) is 4.79. The summed E-state index contributed by atoms with van der Waals surface area (Å²) in [7, 11) is 0. The van der Waals surface area contributed by atoms with Crippen molar-refractivity contribution >= 4 is 38.3 Å². The molecule has 2 aromatic heterocycles. The molecule has 1 aliphatic carbocycles. The number of hydrogen-bond donors (Lipinski definition) is 0. The zero-order chi connectivity index (χ0) is 19.8. The van der Waals surface area contributed by atoms with Gasteiger partial charge in [0, 0.05) is 10.9 Å². The number of benzene rings is 2. The first-order valence-corrected chi connectivity index (χ1v) is 10.7. The first-order chi connectivity index (χ1) is 14.2. The van der Waals surface area contributed by atoms with Gasteiger partial charge < -0.3 is 4.74 Å². The maximum atomic E-state index is 13.1. The zero-order valence-corrected chi connectivity index (χ0v) is 16.7. The van der Waals surface area contributed by atoms with Gasteiger partial charge >= 0.3 is 5.97 Å². The van der Waals surface area contributed by atoms with Crippen LogP contribution < -0.4 is 5.56 Å². The number of nitrogens with zero attached hydrogens (tertiary/aromatic N) is 2. The van der Waals surface area contributed by atoms with Crippen LogP contribution in [0.15, 0.2) is 59.0 Å². The third kappa shape index (κ3) is 3.44. The molecule has 146 valence electrons. The van der Waals surface area contributed by atoms with E-state index in [2.05, 4.69) is 29.2 Å². The Morgan fingerprint density at radius 1 is 1.14 bits per heavy atom. The summed E-state index contributed by atoms with van der Waals surface area (Å²) in [4.78, 5) is 30.5. The van der Waals surface area contributed by atoms with Gasteiger partial charge in [-0.25, -0.2) is 4.98 Å². The van der Waals surface area contributed by atoms with Crippen LogP contribution in [0.2, 0.25) is 0 Å². The molecule has 0 spiro atoms. The average Bonchev–Trinajstić information content (AvgIpc) is 3.40. The predicted molar refractivity (Wildman–Crippen MR) is 115 cm³/mol. The molecular formula is C23H20N2O3S. The molecule has 0 atom stereocenters. The number of thiophene rings is 1. The van der Waals surface area contributed by atoms with Crippen molar-refractivity contribution in [3.8, 4) is 11.1 Å². The Bertz CT molecular complexity index is 1270. The third-order valence-corrected chi connectivity index (χ3v) is 6.41. The van der Waals surface area contributed by atoms with Crippen LogP contribution >= 0.6 is 11.3 Å². The molecular weight excluding hydrogens is 384 g/mol. The number of carbonyl (C=O) groups is 1. The summed E-state index contributed by atoms with van der Waals surface area (Å²) in [5.41, 5.74) is 1.62. The highest BCUT2D eigenvalue weighted by Crippen LogP contribution is 2.32. The Balaban J connectivity index is 1.51. The van der Waals surface area contributed by atoms with Gasteiger partial charge in [0.1, 0.15) is 17.5 Å². The molecule has 0 aliphatic heterocycles. The average molecular weight is 404 g/mol. The molecule has 5 nitrogen and oxygen atoms in total. The lowest BCUT2D eigenvalue weighted by Crippen LogP contribution is -2.27. The van der Waals surface area contributed by atoms with Crippen molar-refractivity contribution in [1.82, 2.24) is 9.55 Å². The summed E-state index contributed by atoms with van der Waals surface area (Å²) in [5.74, 6) is -0.373. The van der Waals surface area contributed by atoms with Crippen LogP contribution in [-0.2, 0) is 16.1 Å². The van der Waals surface area contributed by atoms with Crippen molar-refractivity contribution in [2.24, 2.45) is 0 Å². The van der Waals surface area contributed by atoms with Crippen molar-refractivity contribution in [3.05, 3.63) is 64.5 Å². The molecule has 1 fully saturated rings. The van der Waals surface area contributed by atoms with Crippen molar-refractivity contribution in [2.45, 2.75) is 38.3 Å². The highest BCUT2D eigenvalue weighted by atomic mass is 32.1. The van der Waals surface area contributed by atoms with Gasteiger partial charge in [0.15, 0.2) is 0 Å². The molecule has 0 radical (unpaired) electrons. The quantitative estimate of drug-likeness (QED) is 0.460. The van der Waals surface area contributed by atoms with Gasteiger partial charge in [-0.2, -0.15) is 0 Å².